The van der Waals surface area contributed by atoms with Gasteiger partial charge in [-0.2, -0.15) is 0 Å². The number of carbonyl (C=O) groups excluding carboxylic acids is 4. The Morgan fingerprint density at radius 3 is 2.06 bits per heavy atom. The number of rotatable bonds is 7. The van der Waals surface area contributed by atoms with E-state index in [1.165, 1.54) is 28.8 Å². The van der Waals surface area contributed by atoms with Crippen molar-refractivity contribution < 1.29 is 19.2 Å². The summed E-state index contributed by atoms with van der Waals surface area (Å²) >= 11 is 0. The number of hydrogen-bond donors (Lipinski definition) is 0. The topological polar surface area (TPSA) is 78.0 Å². The lowest BCUT2D eigenvalue weighted by Gasteiger charge is -2.46. The van der Waals surface area contributed by atoms with Crippen molar-refractivity contribution >= 4 is 29.7 Å². The Bertz CT molecular complexity index is 1050. The zero-order valence-electron chi connectivity index (χ0n) is 19.3. The molecule has 0 aromatic heterocycles. The Labute approximate surface area is 194 Å². The molecule has 1 aliphatic rings. The van der Waals surface area contributed by atoms with Crippen molar-refractivity contribution in [1.82, 2.24) is 14.9 Å². The fourth-order valence-corrected chi connectivity index (χ4v) is 4.12. The van der Waals surface area contributed by atoms with Gasteiger partial charge in [0.2, 0.25) is 11.8 Å². The Balaban J connectivity index is 2.17. The summed E-state index contributed by atoms with van der Waals surface area (Å²) in [6.07, 6.45) is 2.54. The monoisotopic (exact) mass is 447 g/mol. The normalized spacial score (nSPS) is 16.9. The van der Waals surface area contributed by atoms with Gasteiger partial charge in [-0.1, -0.05) is 74.5 Å². The van der Waals surface area contributed by atoms with Gasteiger partial charge in [0.25, 0.3) is 5.91 Å². The predicted molar refractivity (Wildman–Crippen MR) is 125 cm³/mol. The van der Waals surface area contributed by atoms with Crippen molar-refractivity contribution in [1.29, 1.82) is 0 Å². The first kappa shape index (κ1) is 23.9. The van der Waals surface area contributed by atoms with Gasteiger partial charge in [0.1, 0.15) is 18.4 Å². The van der Waals surface area contributed by atoms with Crippen LogP contribution in [-0.2, 0) is 25.6 Å². The second-order valence-electron chi connectivity index (χ2n) is 8.40. The van der Waals surface area contributed by atoms with Crippen LogP contribution >= 0.6 is 0 Å². The second-order valence-corrected chi connectivity index (χ2v) is 8.40. The van der Waals surface area contributed by atoms with Gasteiger partial charge in [-0.3, -0.25) is 14.4 Å². The molecule has 33 heavy (non-hydrogen) atoms. The molecule has 3 amide bonds. The van der Waals surface area contributed by atoms with Crippen molar-refractivity contribution in [3.05, 3.63) is 78.0 Å². The van der Waals surface area contributed by atoms with Crippen LogP contribution < -0.4 is 0 Å². The molecular formula is C26H29N3O4. The average molecular weight is 448 g/mol. The maximum atomic E-state index is 13.9. The van der Waals surface area contributed by atoms with E-state index in [1.807, 2.05) is 62.4 Å². The van der Waals surface area contributed by atoms with Gasteiger partial charge in [0.05, 0.1) is 5.70 Å². The summed E-state index contributed by atoms with van der Waals surface area (Å²) in [6, 6.07) is 16.7. The number of aldehydes is 1. The largest absolute Gasteiger partial charge is 0.304 e. The molecule has 0 aliphatic carbocycles. The van der Waals surface area contributed by atoms with Gasteiger partial charge in [-0.05, 0) is 11.5 Å². The number of nitrogens with zero attached hydrogens (tertiary/aromatic N) is 3. The third kappa shape index (κ3) is 5.03. The highest BCUT2D eigenvalue weighted by atomic mass is 16.2. The molecule has 2 atom stereocenters. The highest BCUT2D eigenvalue weighted by Crippen LogP contribution is 2.32. The summed E-state index contributed by atoms with van der Waals surface area (Å²) < 4.78 is 0. The van der Waals surface area contributed by atoms with E-state index in [9.17, 15) is 19.2 Å². The van der Waals surface area contributed by atoms with Gasteiger partial charge < -0.3 is 9.69 Å². The van der Waals surface area contributed by atoms with Crippen LogP contribution in [0.25, 0.3) is 5.70 Å². The van der Waals surface area contributed by atoms with E-state index in [0.717, 1.165) is 5.56 Å². The second kappa shape index (κ2) is 10.3. The summed E-state index contributed by atoms with van der Waals surface area (Å²) in [7, 11) is 0. The van der Waals surface area contributed by atoms with Crippen LogP contribution in [0.2, 0.25) is 0 Å². The first-order valence-corrected chi connectivity index (χ1v) is 10.9. The molecule has 0 fully saturated rings. The van der Waals surface area contributed by atoms with Crippen LogP contribution in [0.15, 0.2) is 66.9 Å². The number of carbonyl (C=O) groups is 4. The van der Waals surface area contributed by atoms with E-state index in [1.54, 1.807) is 18.3 Å². The molecule has 3 rings (SSSR count). The van der Waals surface area contributed by atoms with E-state index in [4.69, 9.17) is 0 Å². The number of hydrogen-bond acceptors (Lipinski definition) is 4. The summed E-state index contributed by atoms with van der Waals surface area (Å²) in [5, 5.41) is 2.50. The molecule has 2 aromatic carbocycles. The molecule has 0 bridgehead atoms. The minimum absolute atomic E-state index is 0.213. The van der Waals surface area contributed by atoms with Crippen LogP contribution in [0.3, 0.4) is 0 Å². The van der Waals surface area contributed by atoms with E-state index in [2.05, 4.69) is 0 Å². The Morgan fingerprint density at radius 2 is 1.58 bits per heavy atom. The lowest BCUT2D eigenvalue weighted by molar-refractivity contribution is -0.167. The lowest BCUT2D eigenvalue weighted by atomic mass is 9.97. The molecule has 0 saturated carbocycles. The standard InChI is InChI=1S/C26H29N3O4/c1-18(2)25-26(33)29(24(16-27(25)19(3)31)22-13-9-6-10-14-22)28(20(4)32)23(17-30)15-21-11-7-5-8-12-21/h5-14,16-18,23,25H,15H2,1-4H3/t23-,25+/m0/s1. The molecule has 0 spiro atoms. The summed E-state index contributed by atoms with van der Waals surface area (Å²) in [4.78, 5) is 52.9. The quantitative estimate of drug-likeness (QED) is 0.611. The van der Waals surface area contributed by atoms with Gasteiger partial charge in [0.15, 0.2) is 0 Å². The van der Waals surface area contributed by atoms with Crippen LogP contribution in [0.5, 0.6) is 0 Å². The third-order valence-corrected chi connectivity index (χ3v) is 5.61. The zero-order valence-corrected chi connectivity index (χ0v) is 19.3. The fraction of sp³-hybridized carbons (Fsp3) is 0.308. The van der Waals surface area contributed by atoms with Gasteiger partial charge in [0, 0.05) is 32.0 Å². The molecule has 0 unspecified atom stereocenters. The zero-order chi connectivity index (χ0) is 24.1. The molecule has 1 heterocycles. The van der Waals surface area contributed by atoms with E-state index >= 15 is 0 Å². The molecule has 0 radical (unpaired) electrons. The van der Waals surface area contributed by atoms with Gasteiger partial charge in [-0.15, -0.1) is 0 Å². The Kier molecular flexibility index (Phi) is 7.43. The van der Waals surface area contributed by atoms with E-state index in [-0.39, 0.29) is 18.2 Å². The minimum atomic E-state index is -0.905. The molecule has 2 aromatic rings. The van der Waals surface area contributed by atoms with Crippen molar-refractivity contribution in [3.8, 4) is 0 Å². The molecule has 0 saturated heterocycles. The van der Waals surface area contributed by atoms with Crippen LogP contribution in [0.4, 0.5) is 0 Å². The highest BCUT2D eigenvalue weighted by Gasteiger charge is 2.44. The van der Waals surface area contributed by atoms with Crippen molar-refractivity contribution in [2.24, 2.45) is 5.92 Å². The minimum Gasteiger partial charge on any atom is -0.304 e. The number of amides is 3. The lowest BCUT2D eigenvalue weighted by Crippen LogP contribution is -2.62. The maximum Gasteiger partial charge on any atom is 0.269 e. The summed E-state index contributed by atoms with van der Waals surface area (Å²) in [5.74, 6) is -1.37. The molecule has 0 N–H and O–H groups in total. The van der Waals surface area contributed by atoms with Gasteiger partial charge >= 0.3 is 0 Å². The predicted octanol–water partition coefficient (Wildman–Crippen LogP) is 3.27. The van der Waals surface area contributed by atoms with Crippen molar-refractivity contribution in [3.63, 3.8) is 0 Å². The number of benzene rings is 2. The molecule has 1 aliphatic heterocycles. The Morgan fingerprint density at radius 1 is 1.00 bits per heavy atom. The molecule has 7 heteroatoms. The first-order valence-electron chi connectivity index (χ1n) is 10.9. The van der Waals surface area contributed by atoms with Crippen LogP contribution in [0, 0.1) is 5.92 Å². The average Bonchev–Trinajstić information content (AvgIpc) is 2.79. The van der Waals surface area contributed by atoms with E-state index < -0.39 is 23.9 Å². The van der Waals surface area contributed by atoms with Crippen molar-refractivity contribution in [2.45, 2.75) is 46.2 Å². The van der Waals surface area contributed by atoms with Crippen molar-refractivity contribution in [2.75, 3.05) is 0 Å². The summed E-state index contributed by atoms with van der Waals surface area (Å²) in [6.45, 7) is 6.43. The van der Waals surface area contributed by atoms with E-state index in [0.29, 0.717) is 17.5 Å². The fourth-order valence-electron chi connectivity index (χ4n) is 4.12. The summed E-state index contributed by atoms with van der Waals surface area (Å²) in [5.41, 5.74) is 1.87. The molecular weight excluding hydrogens is 418 g/mol. The number of hydrazine groups is 1. The molecule has 172 valence electrons. The molecule has 7 nitrogen and oxygen atoms in total. The third-order valence-electron chi connectivity index (χ3n) is 5.61. The first-order chi connectivity index (χ1) is 15.8. The van der Waals surface area contributed by atoms with Crippen LogP contribution in [0.1, 0.15) is 38.8 Å². The maximum absolute atomic E-state index is 13.9. The highest BCUT2D eigenvalue weighted by molar-refractivity contribution is 5.98. The van der Waals surface area contributed by atoms with Crippen LogP contribution in [-0.4, -0.2) is 51.0 Å². The Hall–Kier alpha value is -3.74. The SMILES string of the molecule is CC(=O)N1C=C(c2ccccc2)N(N(C(C)=O)[C@H](C=O)Cc2ccccc2)C(=O)[C@H]1C(C)C. The smallest absolute Gasteiger partial charge is 0.269 e. The van der Waals surface area contributed by atoms with Gasteiger partial charge in [-0.25, -0.2) is 10.0 Å².